The lowest BCUT2D eigenvalue weighted by Crippen LogP contribution is -2.29. The lowest BCUT2D eigenvalue weighted by atomic mass is 10.0. The number of hydrogen-bond donors (Lipinski definition) is 1. The zero-order valence-corrected chi connectivity index (χ0v) is 17.0. The van der Waals surface area contributed by atoms with Gasteiger partial charge >= 0.3 is 0 Å². The highest BCUT2D eigenvalue weighted by Gasteiger charge is 2.26. The molecule has 3 heterocycles. The fourth-order valence-electron chi connectivity index (χ4n) is 3.54. The van der Waals surface area contributed by atoms with Crippen molar-refractivity contribution in [2.45, 2.75) is 19.5 Å². The number of aromatic nitrogens is 2. The molecule has 1 aromatic carbocycles. The zero-order chi connectivity index (χ0) is 21.3. The fraction of sp³-hybridized carbons (Fsp3) is 0.250. The van der Waals surface area contributed by atoms with Crippen molar-refractivity contribution in [2.24, 2.45) is 7.05 Å². The van der Waals surface area contributed by atoms with Crippen molar-refractivity contribution in [3.05, 3.63) is 73.9 Å². The second-order valence-corrected chi connectivity index (χ2v) is 8.17. The van der Waals surface area contributed by atoms with Gasteiger partial charge in [-0.2, -0.15) is 10.4 Å². The van der Waals surface area contributed by atoms with Gasteiger partial charge in [0.1, 0.15) is 11.1 Å². The zero-order valence-electron chi connectivity index (χ0n) is 16.2. The molecule has 1 amide bonds. The third-order valence-corrected chi connectivity index (χ3v) is 6.10. The summed E-state index contributed by atoms with van der Waals surface area (Å²) in [6, 6.07) is 8.86. The van der Waals surface area contributed by atoms with Crippen LogP contribution in [0.3, 0.4) is 0 Å². The fourth-order valence-corrected chi connectivity index (χ4v) is 4.77. The maximum absolute atomic E-state index is 12.5. The minimum atomic E-state index is -0.395. The SMILES string of the molecule is Cn1cc(C(=O)Nc2sc3c(c2C#N)CCN(Cc2cccc([N+](=O)[O-])c2)C3)cn1. The van der Waals surface area contributed by atoms with Crippen molar-refractivity contribution >= 4 is 27.9 Å². The van der Waals surface area contributed by atoms with Gasteiger partial charge in [0.05, 0.1) is 22.2 Å². The van der Waals surface area contributed by atoms with Crippen LogP contribution in [0.5, 0.6) is 0 Å². The number of non-ortho nitro benzene ring substituents is 1. The Labute approximate surface area is 176 Å². The summed E-state index contributed by atoms with van der Waals surface area (Å²) in [5.41, 5.74) is 2.87. The molecule has 0 spiro atoms. The molecule has 30 heavy (non-hydrogen) atoms. The predicted octanol–water partition coefficient (Wildman–Crippen LogP) is 3.07. The molecule has 10 heteroatoms. The number of nitriles is 1. The Morgan fingerprint density at radius 3 is 3.00 bits per heavy atom. The topological polar surface area (TPSA) is 117 Å². The van der Waals surface area contributed by atoms with Crippen LogP contribution in [0, 0.1) is 21.4 Å². The van der Waals surface area contributed by atoms with Gasteiger partial charge in [-0.05, 0) is 17.5 Å². The summed E-state index contributed by atoms with van der Waals surface area (Å²) in [7, 11) is 1.73. The highest BCUT2D eigenvalue weighted by Crippen LogP contribution is 2.37. The molecule has 0 aliphatic carbocycles. The van der Waals surface area contributed by atoms with E-state index in [1.807, 2.05) is 6.07 Å². The van der Waals surface area contributed by atoms with Crippen LogP contribution in [0.2, 0.25) is 0 Å². The number of rotatable bonds is 5. The molecular formula is C20H18N6O3S. The summed E-state index contributed by atoms with van der Waals surface area (Å²) in [4.78, 5) is 26.3. The summed E-state index contributed by atoms with van der Waals surface area (Å²) < 4.78 is 1.55. The number of nitro groups is 1. The Balaban J connectivity index is 1.51. The molecule has 0 saturated carbocycles. The second kappa shape index (κ2) is 8.06. The van der Waals surface area contributed by atoms with Crippen LogP contribution in [-0.2, 0) is 26.6 Å². The van der Waals surface area contributed by atoms with Crippen molar-refractivity contribution in [1.82, 2.24) is 14.7 Å². The number of carbonyl (C=O) groups is 1. The molecule has 0 unspecified atom stereocenters. The van der Waals surface area contributed by atoms with Crippen LogP contribution in [0.15, 0.2) is 36.7 Å². The maximum atomic E-state index is 12.5. The smallest absolute Gasteiger partial charge is 0.269 e. The Hall–Kier alpha value is -3.55. The van der Waals surface area contributed by atoms with Crippen molar-refractivity contribution in [2.75, 3.05) is 11.9 Å². The molecule has 1 N–H and O–H groups in total. The first kappa shape index (κ1) is 19.8. The number of nitro benzene ring substituents is 1. The van der Waals surface area contributed by atoms with Crippen LogP contribution >= 0.6 is 11.3 Å². The number of nitrogens with one attached hydrogen (secondary N) is 1. The van der Waals surface area contributed by atoms with Crippen molar-refractivity contribution < 1.29 is 9.72 Å². The molecule has 3 aromatic rings. The summed E-state index contributed by atoms with van der Waals surface area (Å²) in [6.45, 7) is 1.94. The largest absolute Gasteiger partial charge is 0.312 e. The molecule has 2 aromatic heterocycles. The Bertz CT molecular complexity index is 1180. The molecule has 0 saturated heterocycles. The number of hydrogen-bond acceptors (Lipinski definition) is 7. The van der Waals surface area contributed by atoms with Crippen LogP contribution in [0.4, 0.5) is 10.7 Å². The summed E-state index contributed by atoms with van der Waals surface area (Å²) in [5.74, 6) is -0.299. The first-order valence-electron chi connectivity index (χ1n) is 9.25. The van der Waals surface area contributed by atoms with E-state index in [4.69, 9.17) is 0 Å². The van der Waals surface area contributed by atoms with Crippen LogP contribution in [0.25, 0.3) is 0 Å². The molecule has 1 aliphatic rings. The Kier molecular flexibility index (Phi) is 5.31. The Morgan fingerprint density at radius 2 is 2.30 bits per heavy atom. The van der Waals surface area contributed by atoms with Crippen LogP contribution < -0.4 is 5.32 Å². The van der Waals surface area contributed by atoms with Gasteiger partial charge in [0.2, 0.25) is 0 Å². The van der Waals surface area contributed by atoms with Gasteiger partial charge in [0.25, 0.3) is 11.6 Å². The third-order valence-electron chi connectivity index (χ3n) is 4.97. The molecule has 0 fully saturated rings. The number of fused-ring (bicyclic) bond motifs is 1. The van der Waals surface area contributed by atoms with E-state index in [0.717, 1.165) is 22.5 Å². The summed E-state index contributed by atoms with van der Waals surface area (Å²) in [6.07, 6.45) is 3.79. The number of benzene rings is 1. The van der Waals surface area contributed by atoms with Crippen molar-refractivity contribution in [3.8, 4) is 6.07 Å². The average molecular weight is 422 g/mol. The standard InChI is InChI=1S/C20H18N6O3S/c1-24-11-14(9-22-24)19(27)23-20-17(8-21)16-5-6-25(12-18(16)30-20)10-13-3-2-4-15(7-13)26(28)29/h2-4,7,9,11H,5-6,10,12H2,1H3,(H,23,27). The lowest BCUT2D eigenvalue weighted by Gasteiger charge is -2.26. The summed E-state index contributed by atoms with van der Waals surface area (Å²) >= 11 is 1.41. The van der Waals surface area contributed by atoms with Crippen molar-refractivity contribution in [1.29, 1.82) is 5.26 Å². The first-order valence-corrected chi connectivity index (χ1v) is 10.1. The van der Waals surface area contributed by atoms with E-state index >= 15 is 0 Å². The minimum Gasteiger partial charge on any atom is -0.312 e. The second-order valence-electron chi connectivity index (χ2n) is 7.06. The predicted molar refractivity (Wildman–Crippen MR) is 111 cm³/mol. The first-order chi connectivity index (χ1) is 14.4. The van der Waals surface area contributed by atoms with Gasteiger partial charge in [-0.25, -0.2) is 0 Å². The normalized spacial score (nSPS) is 13.5. The molecule has 152 valence electrons. The molecule has 9 nitrogen and oxygen atoms in total. The molecule has 0 atom stereocenters. The average Bonchev–Trinajstić information content (AvgIpc) is 3.30. The highest BCUT2D eigenvalue weighted by atomic mass is 32.1. The van der Waals surface area contributed by atoms with E-state index in [-0.39, 0.29) is 11.6 Å². The van der Waals surface area contributed by atoms with Crippen molar-refractivity contribution in [3.63, 3.8) is 0 Å². The highest BCUT2D eigenvalue weighted by molar-refractivity contribution is 7.16. The number of carbonyl (C=O) groups excluding carboxylic acids is 1. The van der Waals surface area contributed by atoms with Gasteiger partial charge in [-0.15, -0.1) is 11.3 Å². The Morgan fingerprint density at radius 1 is 1.47 bits per heavy atom. The van der Waals surface area contributed by atoms with E-state index in [1.54, 1.807) is 30.1 Å². The monoisotopic (exact) mass is 422 g/mol. The molecule has 0 radical (unpaired) electrons. The van der Waals surface area contributed by atoms with E-state index in [1.165, 1.54) is 23.6 Å². The van der Waals surface area contributed by atoms with Gasteiger partial charge < -0.3 is 5.32 Å². The summed E-state index contributed by atoms with van der Waals surface area (Å²) in [5, 5.41) is 28.0. The number of aryl methyl sites for hydroxylation is 1. The van der Waals surface area contributed by atoms with E-state index in [2.05, 4.69) is 21.4 Å². The number of amides is 1. The number of nitrogens with zero attached hydrogens (tertiary/aromatic N) is 5. The third kappa shape index (κ3) is 3.94. The van der Waals surface area contributed by atoms with Gasteiger partial charge in [-0.1, -0.05) is 12.1 Å². The minimum absolute atomic E-state index is 0.0773. The van der Waals surface area contributed by atoms with E-state index in [0.29, 0.717) is 35.6 Å². The number of anilines is 1. The van der Waals surface area contributed by atoms with Gasteiger partial charge in [0.15, 0.2) is 0 Å². The molecule has 1 aliphatic heterocycles. The molecule has 0 bridgehead atoms. The molecule has 4 rings (SSSR count). The van der Waals surface area contributed by atoms with Gasteiger partial charge in [-0.3, -0.25) is 24.5 Å². The number of thiophene rings is 1. The van der Waals surface area contributed by atoms with E-state index in [9.17, 15) is 20.2 Å². The maximum Gasteiger partial charge on any atom is 0.269 e. The van der Waals surface area contributed by atoms with E-state index < -0.39 is 4.92 Å². The quantitative estimate of drug-likeness (QED) is 0.499. The van der Waals surface area contributed by atoms with Crippen LogP contribution in [-0.4, -0.2) is 32.1 Å². The van der Waals surface area contributed by atoms with Crippen LogP contribution in [0.1, 0.15) is 31.9 Å². The lowest BCUT2D eigenvalue weighted by molar-refractivity contribution is -0.384. The van der Waals surface area contributed by atoms with Gasteiger partial charge in [0, 0.05) is 49.9 Å². The molecular weight excluding hydrogens is 404 g/mol.